The van der Waals surface area contributed by atoms with Crippen LogP contribution in [-0.4, -0.2) is 43.0 Å². The van der Waals surface area contributed by atoms with Crippen molar-refractivity contribution in [2.24, 2.45) is 0 Å². The summed E-state index contributed by atoms with van der Waals surface area (Å²) in [4.78, 5) is 16.8. The molecule has 1 N–H and O–H groups in total. The van der Waals surface area contributed by atoms with Gasteiger partial charge in [0.05, 0.1) is 6.04 Å². The van der Waals surface area contributed by atoms with E-state index >= 15 is 0 Å². The molecular formula is C19H22FN3O. The lowest BCUT2D eigenvalue weighted by atomic mass is 10.2. The number of benzene rings is 2. The molecule has 5 heteroatoms. The van der Waals surface area contributed by atoms with Crippen molar-refractivity contribution in [2.45, 2.75) is 13.0 Å². The molecule has 1 aliphatic heterocycles. The van der Waals surface area contributed by atoms with Gasteiger partial charge in [-0.05, 0) is 43.3 Å². The Balaban J connectivity index is 1.54. The monoisotopic (exact) mass is 327 g/mol. The fraction of sp³-hybridized carbons (Fsp3) is 0.316. The maximum atomic E-state index is 13.0. The summed E-state index contributed by atoms with van der Waals surface area (Å²) in [6, 6.07) is 15.9. The van der Waals surface area contributed by atoms with Gasteiger partial charge in [-0.2, -0.15) is 0 Å². The molecule has 2 aromatic carbocycles. The zero-order valence-electron chi connectivity index (χ0n) is 13.8. The number of hydrogen-bond donors (Lipinski definition) is 1. The van der Waals surface area contributed by atoms with Gasteiger partial charge in [0, 0.05) is 37.6 Å². The Labute approximate surface area is 141 Å². The van der Waals surface area contributed by atoms with Crippen molar-refractivity contribution >= 4 is 17.3 Å². The Morgan fingerprint density at radius 1 is 1.00 bits per heavy atom. The molecule has 24 heavy (non-hydrogen) atoms. The van der Waals surface area contributed by atoms with Gasteiger partial charge in [-0.15, -0.1) is 0 Å². The van der Waals surface area contributed by atoms with E-state index in [2.05, 4.69) is 15.1 Å². The highest BCUT2D eigenvalue weighted by atomic mass is 19.1. The van der Waals surface area contributed by atoms with E-state index in [0.717, 1.165) is 37.6 Å². The van der Waals surface area contributed by atoms with Crippen molar-refractivity contribution in [2.75, 3.05) is 36.4 Å². The highest BCUT2D eigenvalue weighted by Gasteiger charge is 2.25. The minimum Gasteiger partial charge on any atom is -0.369 e. The zero-order valence-corrected chi connectivity index (χ0v) is 13.8. The summed E-state index contributed by atoms with van der Waals surface area (Å²) >= 11 is 0. The van der Waals surface area contributed by atoms with Crippen molar-refractivity contribution in [1.82, 2.24) is 4.90 Å². The van der Waals surface area contributed by atoms with Crippen LogP contribution in [0.1, 0.15) is 6.92 Å². The highest BCUT2D eigenvalue weighted by Crippen LogP contribution is 2.18. The average molecular weight is 327 g/mol. The van der Waals surface area contributed by atoms with E-state index < -0.39 is 0 Å². The lowest BCUT2D eigenvalue weighted by molar-refractivity contribution is -0.120. The molecule has 2 aromatic rings. The number of rotatable bonds is 4. The minimum atomic E-state index is -0.219. The van der Waals surface area contributed by atoms with Crippen LogP contribution in [0.3, 0.4) is 0 Å². The number of halogens is 1. The molecule has 0 bridgehead atoms. The molecule has 0 saturated carbocycles. The molecule has 1 fully saturated rings. The van der Waals surface area contributed by atoms with Crippen LogP contribution in [-0.2, 0) is 4.79 Å². The number of carbonyl (C=O) groups excluding carboxylic acids is 1. The number of anilines is 2. The van der Waals surface area contributed by atoms with Gasteiger partial charge in [0.15, 0.2) is 0 Å². The van der Waals surface area contributed by atoms with Crippen LogP contribution in [0.15, 0.2) is 54.6 Å². The number of nitrogens with zero attached hydrogens (tertiary/aromatic N) is 2. The Hall–Kier alpha value is -2.40. The second-order valence-corrected chi connectivity index (χ2v) is 6.03. The van der Waals surface area contributed by atoms with Crippen molar-refractivity contribution in [3.8, 4) is 0 Å². The van der Waals surface area contributed by atoms with Crippen LogP contribution >= 0.6 is 0 Å². The number of carbonyl (C=O) groups is 1. The molecule has 1 atom stereocenters. The molecule has 1 amide bonds. The van der Waals surface area contributed by atoms with Crippen LogP contribution in [0.2, 0.25) is 0 Å². The van der Waals surface area contributed by atoms with Gasteiger partial charge in [0.25, 0.3) is 0 Å². The maximum absolute atomic E-state index is 13.0. The Bertz CT molecular complexity index is 667. The highest BCUT2D eigenvalue weighted by molar-refractivity contribution is 5.94. The fourth-order valence-electron chi connectivity index (χ4n) is 2.95. The van der Waals surface area contributed by atoms with Gasteiger partial charge in [-0.25, -0.2) is 4.39 Å². The molecule has 1 saturated heterocycles. The molecule has 0 aromatic heterocycles. The summed E-state index contributed by atoms with van der Waals surface area (Å²) in [6.07, 6.45) is 0. The summed E-state index contributed by atoms with van der Waals surface area (Å²) in [6.45, 7) is 5.20. The first-order valence-corrected chi connectivity index (χ1v) is 8.24. The van der Waals surface area contributed by atoms with Crippen LogP contribution in [0.25, 0.3) is 0 Å². The van der Waals surface area contributed by atoms with E-state index in [-0.39, 0.29) is 17.8 Å². The van der Waals surface area contributed by atoms with Gasteiger partial charge >= 0.3 is 0 Å². The third kappa shape index (κ3) is 3.92. The van der Waals surface area contributed by atoms with Gasteiger partial charge in [-0.3, -0.25) is 9.69 Å². The van der Waals surface area contributed by atoms with Crippen LogP contribution in [0, 0.1) is 5.82 Å². The third-order valence-electron chi connectivity index (χ3n) is 4.47. The van der Waals surface area contributed by atoms with Crippen LogP contribution in [0.4, 0.5) is 15.8 Å². The average Bonchev–Trinajstić information content (AvgIpc) is 2.63. The third-order valence-corrected chi connectivity index (χ3v) is 4.47. The molecule has 0 aliphatic carbocycles. The van der Waals surface area contributed by atoms with E-state index in [1.807, 2.05) is 37.3 Å². The van der Waals surface area contributed by atoms with Crippen LogP contribution < -0.4 is 10.2 Å². The Morgan fingerprint density at radius 2 is 1.62 bits per heavy atom. The zero-order chi connectivity index (χ0) is 16.9. The van der Waals surface area contributed by atoms with Gasteiger partial charge < -0.3 is 10.2 Å². The van der Waals surface area contributed by atoms with E-state index in [4.69, 9.17) is 0 Å². The van der Waals surface area contributed by atoms with Crippen molar-refractivity contribution in [1.29, 1.82) is 0 Å². The summed E-state index contributed by atoms with van der Waals surface area (Å²) in [5.74, 6) is -0.208. The van der Waals surface area contributed by atoms with E-state index in [0.29, 0.717) is 0 Å². The van der Waals surface area contributed by atoms with Gasteiger partial charge in [-0.1, -0.05) is 18.2 Å². The van der Waals surface area contributed by atoms with Crippen LogP contribution in [0.5, 0.6) is 0 Å². The molecule has 4 nitrogen and oxygen atoms in total. The first-order chi connectivity index (χ1) is 11.6. The number of piperazine rings is 1. The predicted molar refractivity (Wildman–Crippen MR) is 94.7 cm³/mol. The molecule has 0 radical (unpaired) electrons. The number of nitrogens with one attached hydrogen (secondary N) is 1. The largest absolute Gasteiger partial charge is 0.369 e. The predicted octanol–water partition coefficient (Wildman–Crippen LogP) is 2.97. The molecule has 0 spiro atoms. The standard InChI is InChI=1S/C19H22FN3O/c1-15(19(24)21-17-5-3-2-4-6-17)22-11-13-23(14-12-22)18-9-7-16(20)8-10-18/h2-10,15H,11-14H2,1H3,(H,21,24)/t15-/m0/s1. The SMILES string of the molecule is C[C@@H](C(=O)Nc1ccccc1)N1CCN(c2ccc(F)cc2)CC1. The molecule has 3 rings (SSSR count). The molecule has 0 unspecified atom stereocenters. The minimum absolute atomic E-state index is 0.0106. The quantitative estimate of drug-likeness (QED) is 0.938. The Morgan fingerprint density at radius 3 is 2.25 bits per heavy atom. The molecule has 1 heterocycles. The van der Waals surface area contributed by atoms with Crippen molar-refractivity contribution < 1.29 is 9.18 Å². The lowest BCUT2D eigenvalue weighted by Gasteiger charge is -2.38. The summed E-state index contributed by atoms with van der Waals surface area (Å²) in [5, 5.41) is 2.95. The van der Waals surface area contributed by atoms with E-state index in [1.54, 1.807) is 12.1 Å². The maximum Gasteiger partial charge on any atom is 0.241 e. The van der Waals surface area contributed by atoms with Crippen molar-refractivity contribution in [3.05, 3.63) is 60.4 Å². The normalized spacial score (nSPS) is 16.7. The summed E-state index contributed by atoms with van der Waals surface area (Å²) in [5.41, 5.74) is 1.84. The molecule has 126 valence electrons. The second-order valence-electron chi connectivity index (χ2n) is 6.03. The first-order valence-electron chi connectivity index (χ1n) is 8.24. The smallest absolute Gasteiger partial charge is 0.241 e. The fourth-order valence-corrected chi connectivity index (χ4v) is 2.95. The number of hydrogen-bond acceptors (Lipinski definition) is 3. The summed E-state index contributed by atoms with van der Waals surface area (Å²) < 4.78 is 13.0. The number of para-hydroxylation sites is 1. The number of amides is 1. The summed E-state index contributed by atoms with van der Waals surface area (Å²) in [7, 11) is 0. The van der Waals surface area contributed by atoms with Gasteiger partial charge in [0.2, 0.25) is 5.91 Å². The first kappa shape index (κ1) is 16.5. The Kier molecular flexibility index (Phi) is 5.11. The lowest BCUT2D eigenvalue weighted by Crippen LogP contribution is -2.52. The topological polar surface area (TPSA) is 35.6 Å². The van der Waals surface area contributed by atoms with Gasteiger partial charge in [0.1, 0.15) is 5.82 Å². The van der Waals surface area contributed by atoms with E-state index in [9.17, 15) is 9.18 Å². The molecular weight excluding hydrogens is 305 g/mol. The van der Waals surface area contributed by atoms with E-state index in [1.165, 1.54) is 12.1 Å². The molecule has 1 aliphatic rings. The van der Waals surface area contributed by atoms with Crippen molar-refractivity contribution in [3.63, 3.8) is 0 Å². The second kappa shape index (κ2) is 7.45.